The van der Waals surface area contributed by atoms with E-state index in [0.29, 0.717) is 42.8 Å². The number of hydrogen-bond donors (Lipinski definition) is 3. The fourth-order valence-electron chi connectivity index (χ4n) is 6.09. The molecule has 3 atom stereocenters. The van der Waals surface area contributed by atoms with E-state index in [4.69, 9.17) is 24.4 Å². The minimum atomic E-state index is -0.296. The summed E-state index contributed by atoms with van der Waals surface area (Å²) in [6.45, 7) is 11.9. The molecule has 0 aliphatic carbocycles. The average molecular weight is 587 g/mol. The normalized spacial score (nSPS) is 23.2. The summed E-state index contributed by atoms with van der Waals surface area (Å²) in [4.78, 5) is 32.1. The van der Waals surface area contributed by atoms with Crippen molar-refractivity contribution < 1.29 is 14.3 Å². The first kappa shape index (κ1) is 29.3. The van der Waals surface area contributed by atoms with Gasteiger partial charge in [-0.05, 0) is 82.1 Å². The lowest BCUT2D eigenvalue weighted by Crippen LogP contribution is -2.54. The molecule has 3 saturated heterocycles. The maximum Gasteiger partial charge on any atom is 0.323 e. The molecule has 0 spiro atoms. The number of nitrogens with one attached hydrogen (secondary N) is 3. The molecular weight excluding hydrogens is 544 g/mol. The predicted octanol–water partition coefficient (Wildman–Crippen LogP) is 4.49. The van der Waals surface area contributed by atoms with Crippen molar-refractivity contribution in [3.8, 4) is 11.4 Å². The zero-order valence-electron chi connectivity index (χ0n) is 25.3. The molecule has 0 saturated carbocycles. The molecule has 1 aromatic heterocycles. The van der Waals surface area contributed by atoms with Crippen LogP contribution in [0.15, 0.2) is 48.5 Å². The van der Waals surface area contributed by atoms with E-state index in [1.54, 1.807) is 0 Å². The number of morpholine rings is 1. The lowest BCUT2D eigenvalue weighted by Gasteiger charge is -2.37. The predicted molar refractivity (Wildman–Crippen MR) is 169 cm³/mol. The zero-order chi connectivity index (χ0) is 29.8. The third-order valence-electron chi connectivity index (χ3n) is 8.30. The van der Waals surface area contributed by atoms with E-state index in [2.05, 4.69) is 58.7 Å². The summed E-state index contributed by atoms with van der Waals surface area (Å²) in [6, 6.07) is 16.4. The van der Waals surface area contributed by atoms with Crippen LogP contribution < -0.4 is 25.8 Å². The molecule has 4 heterocycles. The Labute approximate surface area is 253 Å². The van der Waals surface area contributed by atoms with E-state index in [1.807, 2.05) is 36.4 Å². The number of benzene rings is 2. The van der Waals surface area contributed by atoms with Crippen molar-refractivity contribution in [2.45, 2.75) is 57.7 Å². The highest BCUT2D eigenvalue weighted by molar-refractivity contribution is 5.99. The largest absolute Gasteiger partial charge is 0.381 e. The fourth-order valence-corrected chi connectivity index (χ4v) is 6.09. The van der Waals surface area contributed by atoms with Crippen molar-refractivity contribution >= 4 is 29.0 Å². The molecule has 1 unspecified atom stereocenters. The summed E-state index contributed by atoms with van der Waals surface area (Å²) in [6.07, 6.45) is 1.80. The minimum absolute atomic E-state index is 0.183. The maximum atomic E-state index is 12.8. The van der Waals surface area contributed by atoms with Crippen molar-refractivity contribution in [2.75, 3.05) is 66.5 Å². The average Bonchev–Trinajstić information content (AvgIpc) is 3.02. The van der Waals surface area contributed by atoms with Crippen molar-refractivity contribution in [3.05, 3.63) is 54.4 Å². The Morgan fingerprint density at radius 1 is 0.837 bits per heavy atom. The van der Waals surface area contributed by atoms with Gasteiger partial charge < -0.3 is 35.2 Å². The Morgan fingerprint density at radius 2 is 1.49 bits per heavy atom. The van der Waals surface area contributed by atoms with Gasteiger partial charge in [-0.3, -0.25) is 0 Å². The number of urea groups is 1. The van der Waals surface area contributed by atoms with E-state index < -0.39 is 0 Å². The molecule has 3 N–H and O–H groups in total. The van der Waals surface area contributed by atoms with Gasteiger partial charge in [-0.1, -0.05) is 0 Å². The number of nitrogens with zero attached hydrogens (tertiary/aromatic N) is 5. The second kappa shape index (κ2) is 13.2. The molecule has 3 fully saturated rings. The minimum Gasteiger partial charge on any atom is -0.381 e. The van der Waals surface area contributed by atoms with E-state index >= 15 is 0 Å². The van der Waals surface area contributed by atoms with Crippen LogP contribution in [0.25, 0.3) is 11.4 Å². The molecule has 3 aliphatic rings. The molecule has 6 rings (SSSR count). The van der Waals surface area contributed by atoms with Crippen LogP contribution in [0.3, 0.4) is 0 Å². The summed E-state index contributed by atoms with van der Waals surface area (Å²) in [7, 11) is 0. The van der Waals surface area contributed by atoms with Crippen LogP contribution in [0.2, 0.25) is 0 Å². The van der Waals surface area contributed by atoms with E-state index in [9.17, 15) is 4.79 Å². The molecule has 43 heavy (non-hydrogen) atoms. The van der Waals surface area contributed by atoms with Gasteiger partial charge >= 0.3 is 6.03 Å². The molecule has 11 nitrogen and oxygen atoms in total. The van der Waals surface area contributed by atoms with Crippen LogP contribution in [-0.2, 0) is 9.47 Å². The summed E-state index contributed by atoms with van der Waals surface area (Å²) in [5.74, 6) is 2.38. The Balaban J connectivity index is 1.13. The summed E-state index contributed by atoms with van der Waals surface area (Å²) in [5.41, 5.74) is 3.45. The number of piperazine rings is 1. The number of hydrogen-bond acceptors (Lipinski definition) is 9. The second-order valence-electron chi connectivity index (χ2n) is 11.9. The number of aromatic nitrogens is 3. The summed E-state index contributed by atoms with van der Waals surface area (Å²) in [5, 5.41) is 9.43. The third-order valence-corrected chi connectivity index (χ3v) is 8.30. The first-order chi connectivity index (χ1) is 20.9. The molecule has 0 bridgehead atoms. The molecule has 2 aromatic carbocycles. The van der Waals surface area contributed by atoms with E-state index in [0.717, 1.165) is 68.5 Å². The first-order valence-electron chi connectivity index (χ1n) is 15.4. The van der Waals surface area contributed by atoms with Gasteiger partial charge in [0.2, 0.25) is 5.95 Å². The van der Waals surface area contributed by atoms with Crippen molar-refractivity contribution in [2.24, 2.45) is 0 Å². The van der Waals surface area contributed by atoms with Gasteiger partial charge in [-0.25, -0.2) is 9.78 Å². The van der Waals surface area contributed by atoms with Gasteiger partial charge in [0.15, 0.2) is 5.82 Å². The lowest BCUT2D eigenvalue weighted by molar-refractivity contribution is 0.0834. The van der Waals surface area contributed by atoms with Crippen molar-refractivity contribution in [3.63, 3.8) is 0 Å². The highest BCUT2D eigenvalue weighted by atomic mass is 16.5. The zero-order valence-corrected chi connectivity index (χ0v) is 25.3. The quantitative estimate of drug-likeness (QED) is 0.384. The van der Waals surface area contributed by atoms with Crippen molar-refractivity contribution in [1.82, 2.24) is 20.3 Å². The van der Waals surface area contributed by atoms with Crippen LogP contribution >= 0.6 is 0 Å². The van der Waals surface area contributed by atoms with Crippen molar-refractivity contribution in [1.29, 1.82) is 0 Å². The van der Waals surface area contributed by atoms with Gasteiger partial charge in [0, 0.05) is 73.5 Å². The monoisotopic (exact) mass is 586 g/mol. The molecule has 228 valence electrons. The number of rotatable bonds is 6. The van der Waals surface area contributed by atoms with Crippen LogP contribution in [-0.4, -0.2) is 85.2 Å². The third kappa shape index (κ3) is 7.23. The number of amides is 2. The van der Waals surface area contributed by atoms with E-state index in [1.165, 1.54) is 0 Å². The second-order valence-corrected chi connectivity index (χ2v) is 11.9. The molecule has 0 radical (unpaired) electrons. The molecule has 3 aliphatic heterocycles. The standard InChI is InChI=1S/C32H42N8O3/c1-21-18-39(19-22(2)33-21)28-10-8-27(9-11-28)35-32(41)34-26-6-4-24(5-7-26)29-36-30(25-12-15-42-16-13-25)38-31(37-29)40-14-17-43-20-23(40)3/h4-11,21-23,25,33H,12-20H2,1-3H3,(H2,34,35,41)/t21-,22+,23?. The van der Waals surface area contributed by atoms with Crippen LogP contribution in [0.1, 0.15) is 45.4 Å². The molecular formula is C32H42N8O3. The Hall–Kier alpha value is -3.80. The summed E-state index contributed by atoms with van der Waals surface area (Å²) >= 11 is 0. The first-order valence-corrected chi connectivity index (χ1v) is 15.4. The Bertz CT molecular complexity index is 1370. The highest BCUT2D eigenvalue weighted by Gasteiger charge is 2.26. The van der Waals surface area contributed by atoms with Crippen LogP contribution in [0.5, 0.6) is 0 Å². The number of anilines is 4. The smallest absolute Gasteiger partial charge is 0.323 e. The number of carbonyl (C=O) groups excluding carboxylic acids is 1. The Morgan fingerprint density at radius 3 is 2.14 bits per heavy atom. The lowest BCUT2D eigenvalue weighted by atomic mass is 9.99. The van der Waals surface area contributed by atoms with Crippen LogP contribution in [0.4, 0.5) is 27.8 Å². The fraction of sp³-hybridized carbons (Fsp3) is 0.500. The van der Waals surface area contributed by atoms with Gasteiger partial charge in [0.05, 0.1) is 19.3 Å². The Kier molecular flexibility index (Phi) is 9.01. The molecule has 11 heteroatoms. The molecule has 3 aromatic rings. The highest BCUT2D eigenvalue weighted by Crippen LogP contribution is 2.29. The topological polar surface area (TPSA) is 117 Å². The maximum absolute atomic E-state index is 12.8. The van der Waals surface area contributed by atoms with Gasteiger partial charge in [0.1, 0.15) is 5.82 Å². The van der Waals surface area contributed by atoms with Gasteiger partial charge in [-0.2, -0.15) is 9.97 Å². The van der Waals surface area contributed by atoms with E-state index in [-0.39, 0.29) is 18.0 Å². The summed E-state index contributed by atoms with van der Waals surface area (Å²) < 4.78 is 11.2. The van der Waals surface area contributed by atoms with Crippen LogP contribution in [0, 0.1) is 0 Å². The molecule has 2 amide bonds. The SMILES string of the molecule is CC1COCCN1c1nc(-c2ccc(NC(=O)Nc3ccc(N4C[C@@H](C)N[C@@H](C)C4)cc3)cc2)nc(C2CCOCC2)n1. The number of ether oxygens (including phenoxy) is 2. The van der Waals surface area contributed by atoms with Gasteiger partial charge in [0.25, 0.3) is 0 Å². The van der Waals surface area contributed by atoms with Gasteiger partial charge in [-0.15, -0.1) is 0 Å². The number of carbonyl (C=O) groups is 1.